The molecule has 3 nitrogen and oxygen atoms in total. The van der Waals surface area contributed by atoms with E-state index in [9.17, 15) is 17.2 Å². The Morgan fingerprint density at radius 3 is 2.06 bits per heavy atom. The number of hydrogen-bond donors (Lipinski definition) is 1. The Hall–Kier alpha value is -1.01. The van der Waals surface area contributed by atoms with Gasteiger partial charge in [-0.25, -0.2) is 17.2 Å². The summed E-state index contributed by atoms with van der Waals surface area (Å²) in [5.74, 6) is -2.78. The van der Waals surface area contributed by atoms with Crippen molar-refractivity contribution < 1.29 is 17.2 Å². The first kappa shape index (κ1) is 12.4. The van der Waals surface area contributed by atoms with Crippen molar-refractivity contribution in [2.75, 3.05) is 12.8 Å². The number of benzene rings is 1. The van der Waals surface area contributed by atoms with Gasteiger partial charge in [0, 0.05) is 19.2 Å². The zero-order valence-electron chi connectivity index (χ0n) is 9.28. The minimum Gasteiger partial charge on any atom is -0.329 e. The molecule has 2 N–H and O–H groups in total. The van der Waals surface area contributed by atoms with Crippen LogP contribution in [-0.2, 0) is 15.3 Å². The second-order valence-electron chi connectivity index (χ2n) is 4.46. The molecule has 0 spiro atoms. The molecule has 0 bridgehead atoms. The normalized spacial score (nSPS) is 26.8. The standard InChI is InChI=1S/C11H13F2NO2S/c1-17(15,16)9-4-2-8(3-5-9)10(7-14)6-11(10,12)13/h2-5H,6-7,14H2,1H3. The Labute approximate surface area is 98.5 Å². The van der Waals surface area contributed by atoms with Crippen molar-refractivity contribution in [1.29, 1.82) is 0 Å². The van der Waals surface area contributed by atoms with Gasteiger partial charge < -0.3 is 5.73 Å². The third kappa shape index (κ3) is 1.85. The van der Waals surface area contributed by atoms with E-state index in [0.29, 0.717) is 5.56 Å². The third-order valence-corrected chi connectivity index (χ3v) is 4.41. The lowest BCUT2D eigenvalue weighted by atomic mass is 9.95. The van der Waals surface area contributed by atoms with Crippen LogP contribution in [0.2, 0.25) is 0 Å². The summed E-state index contributed by atoms with van der Waals surface area (Å²) in [7, 11) is -3.30. The monoisotopic (exact) mass is 261 g/mol. The molecule has 0 amide bonds. The minimum absolute atomic E-state index is 0.123. The lowest BCUT2D eigenvalue weighted by Gasteiger charge is -2.14. The highest BCUT2D eigenvalue weighted by Crippen LogP contribution is 2.60. The molecule has 1 fully saturated rings. The van der Waals surface area contributed by atoms with E-state index >= 15 is 0 Å². The van der Waals surface area contributed by atoms with Crippen LogP contribution in [0.4, 0.5) is 8.78 Å². The van der Waals surface area contributed by atoms with Crippen LogP contribution in [0, 0.1) is 0 Å². The van der Waals surface area contributed by atoms with Crippen molar-refractivity contribution in [3.8, 4) is 0 Å². The fourth-order valence-corrected chi connectivity index (χ4v) is 2.64. The van der Waals surface area contributed by atoms with Crippen molar-refractivity contribution in [2.24, 2.45) is 5.73 Å². The lowest BCUT2D eigenvalue weighted by Crippen LogP contribution is -2.26. The van der Waals surface area contributed by atoms with E-state index in [0.717, 1.165) is 6.26 Å². The van der Waals surface area contributed by atoms with Crippen LogP contribution in [0.15, 0.2) is 29.2 Å². The first-order valence-corrected chi connectivity index (χ1v) is 7.01. The predicted octanol–water partition coefficient (Wildman–Crippen LogP) is 1.33. The van der Waals surface area contributed by atoms with Gasteiger partial charge in [-0.1, -0.05) is 12.1 Å². The van der Waals surface area contributed by atoms with Crippen LogP contribution in [0.25, 0.3) is 0 Å². The first-order valence-electron chi connectivity index (χ1n) is 5.11. The second kappa shape index (κ2) is 3.49. The Balaban J connectivity index is 2.38. The minimum atomic E-state index is -3.30. The Kier molecular flexibility index (Phi) is 2.56. The van der Waals surface area contributed by atoms with Gasteiger partial charge in [0.2, 0.25) is 0 Å². The smallest absolute Gasteiger partial charge is 0.260 e. The molecule has 0 radical (unpaired) electrons. The average molecular weight is 261 g/mol. The fraction of sp³-hybridized carbons (Fsp3) is 0.455. The summed E-state index contributed by atoms with van der Waals surface area (Å²) >= 11 is 0. The fourth-order valence-electron chi connectivity index (χ4n) is 2.01. The second-order valence-corrected chi connectivity index (χ2v) is 6.48. The molecule has 1 aliphatic carbocycles. The van der Waals surface area contributed by atoms with Crippen LogP contribution in [0.1, 0.15) is 12.0 Å². The highest BCUT2D eigenvalue weighted by Gasteiger charge is 2.70. The van der Waals surface area contributed by atoms with Gasteiger partial charge in [-0.2, -0.15) is 0 Å². The molecule has 0 saturated heterocycles. The molecule has 1 unspecified atom stereocenters. The summed E-state index contributed by atoms with van der Waals surface area (Å²) in [5.41, 5.74) is 4.50. The molecule has 94 valence electrons. The van der Waals surface area contributed by atoms with Crippen LogP contribution in [0.5, 0.6) is 0 Å². The van der Waals surface area contributed by atoms with Crippen LogP contribution >= 0.6 is 0 Å². The summed E-state index contributed by atoms with van der Waals surface area (Å²) in [6.45, 7) is -0.141. The maximum absolute atomic E-state index is 13.3. The lowest BCUT2D eigenvalue weighted by molar-refractivity contribution is 0.0896. The van der Waals surface area contributed by atoms with Crippen LogP contribution < -0.4 is 5.73 Å². The van der Waals surface area contributed by atoms with E-state index in [2.05, 4.69) is 0 Å². The third-order valence-electron chi connectivity index (χ3n) is 3.28. The molecule has 17 heavy (non-hydrogen) atoms. The van der Waals surface area contributed by atoms with Crippen molar-refractivity contribution in [3.63, 3.8) is 0 Å². The van der Waals surface area contributed by atoms with Crippen molar-refractivity contribution in [1.82, 2.24) is 0 Å². The Morgan fingerprint density at radius 2 is 1.76 bits per heavy atom. The summed E-state index contributed by atoms with van der Waals surface area (Å²) in [6, 6.07) is 5.53. The molecule has 1 saturated carbocycles. The number of alkyl halides is 2. The highest BCUT2D eigenvalue weighted by atomic mass is 32.2. The van der Waals surface area contributed by atoms with Gasteiger partial charge in [0.05, 0.1) is 10.3 Å². The first-order chi connectivity index (χ1) is 7.73. The molecule has 0 heterocycles. The zero-order valence-corrected chi connectivity index (χ0v) is 10.1. The van der Waals surface area contributed by atoms with Crippen LogP contribution in [0.3, 0.4) is 0 Å². The van der Waals surface area contributed by atoms with E-state index in [-0.39, 0.29) is 17.9 Å². The van der Waals surface area contributed by atoms with Crippen molar-refractivity contribution >= 4 is 9.84 Å². The number of halogens is 2. The van der Waals surface area contributed by atoms with E-state index < -0.39 is 21.2 Å². The van der Waals surface area contributed by atoms with Gasteiger partial charge in [0.15, 0.2) is 9.84 Å². The van der Waals surface area contributed by atoms with Gasteiger partial charge in [0.1, 0.15) is 0 Å². The largest absolute Gasteiger partial charge is 0.329 e. The molecule has 1 aromatic rings. The topological polar surface area (TPSA) is 60.2 Å². The summed E-state index contributed by atoms with van der Waals surface area (Å²) in [5, 5.41) is 0. The summed E-state index contributed by atoms with van der Waals surface area (Å²) < 4.78 is 49.0. The van der Waals surface area contributed by atoms with Crippen LogP contribution in [-0.4, -0.2) is 27.1 Å². The van der Waals surface area contributed by atoms with Gasteiger partial charge in [0.25, 0.3) is 5.92 Å². The molecule has 0 aliphatic heterocycles. The summed E-state index contributed by atoms with van der Waals surface area (Å²) in [4.78, 5) is 0.123. The van der Waals surface area contributed by atoms with Crippen molar-refractivity contribution in [2.45, 2.75) is 22.7 Å². The van der Waals surface area contributed by atoms with Gasteiger partial charge in [-0.3, -0.25) is 0 Å². The predicted molar refractivity (Wildman–Crippen MR) is 59.8 cm³/mol. The molecule has 6 heteroatoms. The Morgan fingerprint density at radius 1 is 1.29 bits per heavy atom. The molecule has 1 aromatic carbocycles. The van der Waals surface area contributed by atoms with Gasteiger partial charge in [-0.05, 0) is 17.7 Å². The molecule has 1 aliphatic rings. The number of hydrogen-bond acceptors (Lipinski definition) is 3. The van der Waals surface area contributed by atoms with E-state index in [1.54, 1.807) is 0 Å². The maximum Gasteiger partial charge on any atom is 0.260 e. The number of nitrogens with two attached hydrogens (primary N) is 1. The van der Waals surface area contributed by atoms with E-state index in [1.807, 2.05) is 0 Å². The molecular weight excluding hydrogens is 248 g/mol. The summed E-state index contributed by atoms with van der Waals surface area (Å²) in [6.07, 6.45) is 0.807. The molecule has 0 aromatic heterocycles. The zero-order chi connectivity index (χ0) is 12.9. The molecule has 1 atom stereocenters. The highest BCUT2D eigenvalue weighted by molar-refractivity contribution is 7.90. The number of rotatable bonds is 3. The quantitative estimate of drug-likeness (QED) is 0.892. The van der Waals surface area contributed by atoms with E-state index in [4.69, 9.17) is 5.73 Å². The molecular formula is C11H13F2NO2S. The Bertz CT molecular complexity index is 539. The van der Waals surface area contributed by atoms with Gasteiger partial charge >= 0.3 is 0 Å². The average Bonchev–Trinajstić information content (AvgIpc) is 2.81. The van der Waals surface area contributed by atoms with E-state index in [1.165, 1.54) is 24.3 Å². The van der Waals surface area contributed by atoms with Crippen molar-refractivity contribution in [3.05, 3.63) is 29.8 Å². The molecule has 2 rings (SSSR count). The maximum atomic E-state index is 13.3. The SMILES string of the molecule is CS(=O)(=O)c1ccc(C2(CN)CC2(F)F)cc1. The number of sulfone groups is 1. The van der Waals surface area contributed by atoms with Gasteiger partial charge in [-0.15, -0.1) is 0 Å².